The van der Waals surface area contributed by atoms with E-state index in [0.717, 1.165) is 12.8 Å². The Balaban J connectivity index is 1.88. The Hall–Kier alpha value is -1.69. The molecule has 1 saturated carbocycles. The van der Waals surface area contributed by atoms with E-state index >= 15 is 0 Å². The van der Waals surface area contributed by atoms with Crippen molar-refractivity contribution in [3.63, 3.8) is 0 Å². The number of aromatic nitrogens is 2. The number of carbonyl (C=O) groups is 1. The second-order valence-electron chi connectivity index (χ2n) is 3.95. The molecule has 0 unspecified atom stereocenters. The number of rotatable bonds is 4. The van der Waals surface area contributed by atoms with Crippen LogP contribution in [0.15, 0.2) is 12.4 Å². The van der Waals surface area contributed by atoms with Crippen LogP contribution in [0.2, 0.25) is 0 Å². The summed E-state index contributed by atoms with van der Waals surface area (Å²) in [4.78, 5) is 19.2. The molecule has 1 N–H and O–H groups in total. The summed E-state index contributed by atoms with van der Waals surface area (Å²) in [7, 11) is 3.03. The summed E-state index contributed by atoms with van der Waals surface area (Å²) in [6, 6.07) is 0.373. The third kappa shape index (κ3) is 2.71. The van der Waals surface area contributed by atoms with Crippen molar-refractivity contribution in [2.45, 2.75) is 25.0 Å². The van der Waals surface area contributed by atoms with E-state index in [0.29, 0.717) is 18.0 Å². The number of ether oxygens (including phenoxy) is 2. The fourth-order valence-electron chi connectivity index (χ4n) is 1.70. The smallest absolute Gasteiger partial charge is 0.358 e. The largest absolute Gasteiger partial charge is 0.464 e. The van der Waals surface area contributed by atoms with Gasteiger partial charge in [0.1, 0.15) is 5.82 Å². The van der Waals surface area contributed by atoms with Gasteiger partial charge in [-0.05, 0) is 12.8 Å². The Morgan fingerprint density at radius 1 is 1.35 bits per heavy atom. The highest BCUT2D eigenvalue weighted by Gasteiger charge is 2.29. The molecule has 0 saturated heterocycles. The van der Waals surface area contributed by atoms with Crippen molar-refractivity contribution in [2.75, 3.05) is 19.5 Å². The van der Waals surface area contributed by atoms with Crippen molar-refractivity contribution < 1.29 is 14.3 Å². The van der Waals surface area contributed by atoms with Gasteiger partial charge in [0.2, 0.25) is 0 Å². The Morgan fingerprint density at radius 3 is 2.65 bits per heavy atom. The molecule has 1 heterocycles. The lowest BCUT2D eigenvalue weighted by Crippen LogP contribution is -2.40. The Morgan fingerprint density at radius 2 is 2.12 bits per heavy atom. The van der Waals surface area contributed by atoms with Crippen molar-refractivity contribution in [1.82, 2.24) is 9.97 Å². The van der Waals surface area contributed by atoms with Crippen LogP contribution in [0.1, 0.15) is 23.3 Å². The van der Waals surface area contributed by atoms with Gasteiger partial charge in [-0.3, -0.25) is 0 Å². The lowest BCUT2D eigenvalue weighted by Gasteiger charge is -2.34. The zero-order chi connectivity index (χ0) is 12.3. The van der Waals surface area contributed by atoms with Gasteiger partial charge in [-0.15, -0.1) is 0 Å². The van der Waals surface area contributed by atoms with Crippen LogP contribution in [0, 0.1) is 0 Å². The Bertz CT molecular complexity index is 387. The van der Waals surface area contributed by atoms with Crippen LogP contribution in [0.3, 0.4) is 0 Å². The average Bonchev–Trinajstić information content (AvgIpc) is 2.33. The number of nitrogens with one attached hydrogen (secondary N) is 1. The molecule has 1 aromatic heterocycles. The van der Waals surface area contributed by atoms with E-state index in [1.807, 2.05) is 0 Å². The molecule has 1 aromatic rings. The molecule has 0 aromatic carbocycles. The third-order valence-electron chi connectivity index (χ3n) is 2.83. The molecular weight excluding hydrogens is 222 g/mol. The summed E-state index contributed by atoms with van der Waals surface area (Å²) < 4.78 is 9.72. The van der Waals surface area contributed by atoms with Crippen molar-refractivity contribution in [3.8, 4) is 0 Å². The van der Waals surface area contributed by atoms with Crippen LogP contribution in [0.25, 0.3) is 0 Å². The monoisotopic (exact) mass is 237 g/mol. The second-order valence-corrected chi connectivity index (χ2v) is 3.95. The maximum absolute atomic E-state index is 11.1. The van der Waals surface area contributed by atoms with Gasteiger partial charge in [-0.1, -0.05) is 0 Å². The van der Waals surface area contributed by atoms with Crippen molar-refractivity contribution in [2.24, 2.45) is 0 Å². The number of nitrogens with zero attached hydrogens (tertiary/aromatic N) is 2. The third-order valence-corrected chi connectivity index (χ3v) is 2.83. The second kappa shape index (κ2) is 5.09. The minimum atomic E-state index is -0.479. The molecule has 0 bridgehead atoms. The molecule has 0 radical (unpaired) electrons. The summed E-state index contributed by atoms with van der Waals surface area (Å²) in [6.07, 6.45) is 5.22. The van der Waals surface area contributed by atoms with Crippen LogP contribution < -0.4 is 5.32 Å². The minimum absolute atomic E-state index is 0.210. The van der Waals surface area contributed by atoms with Gasteiger partial charge in [0, 0.05) is 13.2 Å². The van der Waals surface area contributed by atoms with Crippen molar-refractivity contribution >= 4 is 11.8 Å². The SMILES string of the molecule is COC(=O)c1cnc(NC2CC(OC)C2)cn1. The number of methoxy groups -OCH3 is 2. The van der Waals surface area contributed by atoms with Gasteiger partial charge in [0.15, 0.2) is 5.69 Å². The van der Waals surface area contributed by atoms with Gasteiger partial charge in [-0.25, -0.2) is 14.8 Å². The molecule has 17 heavy (non-hydrogen) atoms. The molecule has 0 atom stereocenters. The normalized spacial score (nSPS) is 22.7. The van der Waals surface area contributed by atoms with Crippen LogP contribution >= 0.6 is 0 Å². The van der Waals surface area contributed by atoms with E-state index in [-0.39, 0.29) is 5.69 Å². The lowest BCUT2D eigenvalue weighted by atomic mass is 9.89. The molecule has 1 fully saturated rings. The first kappa shape index (κ1) is 11.8. The lowest BCUT2D eigenvalue weighted by molar-refractivity contribution is 0.0328. The Labute approximate surface area is 99.4 Å². The summed E-state index contributed by atoms with van der Waals surface area (Å²) in [5, 5.41) is 3.22. The quantitative estimate of drug-likeness (QED) is 0.783. The van der Waals surface area contributed by atoms with E-state index in [1.165, 1.54) is 19.5 Å². The predicted octanol–water partition coefficient (Wildman–Crippen LogP) is 0.852. The van der Waals surface area contributed by atoms with E-state index in [1.54, 1.807) is 7.11 Å². The number of esters is 1. The van der Waals surface area contributed by atoms with E-state index in [4.69, 9.17) is 4.74 Å². The molecule has 6 nitrogen and oxygen atoms in total. The zero-order valence-electron chi connectivity index (χ0n) is 9.84. The molecule has 0 aliphatic heterocycles. The molecule has 0 amide bonds. The van der Waals surface area contributed by atoms with Crippen LogP contribution in [-0.2, 0) is 9.47 Å². The first-order valence-corrected chi connectivity index (χ1v) is 5.42. The van der Waals surface area contributed by atoms with Gasteiger partial charge in [0.25, 0.3) is 0 Å². The fraction of sp³-hybridized carbons (Fsp3) is 0.545. The molecule has 6 heteroatoms. The fourth-order valence-corrected chi connectivity index (χ4v) is 1.70. The van der Waals surface area contributed by atoms with Crippen LogP contribution in [-0.4, -0.2) is 42.3 Å². The summed E-state index contributed by atoms with van der Waals surface area (Å²) >= 11 is 0. The number of carbonyl (C=O) groups excluding carboxylic acids is 1. The average molecular weight is 237 g/mol. The van der Waals surface area contributed by atoms with Gasteiger partial charge in [0.05, 0.1) is 25.6 Å². The Kier molecular flexibility index (Phi) is 3.53. The van der Waals surface area contributed by atoms with Crippen LogP contribution in [0.4, 0.5) is 5.82 Å². The molecule has 2 rings (SSSR count). The predicted molar refractivity (Wildman–Crippen MR) is 60.8 cm³/mol. The van der Waals surface area contributed by atoms with E-state index < -0.39 is 5.97 Å². The highest BCUT2D eigenvalue weighted by Crippen LogP contribution is 2.25. The molecule has 92 valence electrons. The zero-order valence-corrected chi connectivity index (χ0v) is 9.84. The summed E-state index contributed by atoms with van der Waals surface area (Å²) in [5.41, 5.74) is 0.210. The minimum Gasteiger partial charge on any atom is -0.464 e. The van der Waals surface area contributed by atoms with Crippen molar-refractivity contribution in [1.29, 1.82) is 0 Å². The number of hydrogen-bond donors (Lipinski definition) is 1. The highest BCUT2D eigenvalue weighted by molar-refractivity contribution is 5.86. The molecule has 1 aliphatic carbocycles. The first-order chi connectivity index (χ1) is 8.22. The van der Waals surface area contributed by atoms with Gasteiger partial charge < -0.3 is 14.8 Å². The maximum atomic E-state index is 11.1. The summed E-state index contributed by atoms with van der Waals surface area (Å²) in [5.74, 6) is 0.185. The van der Waals surface area contributed by atoms with E-state index in [9.17, 15) is 4.79 Å². The topological polar surface area (TPSA) is 73.3 Å². The standard InChI is InChI=1S/C11H15N3O3/c1-16-8-3-7(4-8)14-10-6-12-9(5-13-10)11(15)17-2/h5-8H,3-4H2,1-2H3,(H,13,14). The molecular formula is C11H15N3O3. The maximum Gasteiger partial charge on any atom is 0.358 e. The van der Waals surface area contributed by atoms with E-state index in [2.05, 4.69) is 20.0 Å². The number of anilines is 1. The van der Waals surface area contributed by atoms with Gasteiger partial charge >= 0.3 is 5.97 Å². The first-order valence-electron chi connectivity index (χ1n) is 5.42. The van der Waals surface area contributed by atoms with Crippen LogP contribution in [0.5, 0.6) is 0 Å². The van der Waals surface area contributed by atoms with Gasteiger partial charge in [-0.2, -0.15) is 0 Å². The molecule has 0 spiro atoms. The molecule has 1 aliphatic rings. The number of hydrogen-bond acceptors (Lipinski definition) is 6. The van der Waals surface area contributed by atoms with Crippen molar-refractivity contribution in [3.05, 3.63) is 18.1 Å². The highest BCUT2D eigenvalue weighted by atomic mass is 16.5. The summed E-state index contributed by atoms with van der Waals surface area (Å²) in [6.45, 7) is 0.